The fourth-order valence-corrected chi connectivity index (χ4v) is 3.03. The predicted octanol–water partition coefficient (Wildman–Crippen LogP) is 1.02. The van der Waals surface area contributed by atoms with Gasteiger partial charge in [-0.1, -0.05) is 12.1 Å². The monoisotopic (exact) mass is 453 g/mol. The number of nitrogens with one attached hydrogen (secondary N) is 1. The molecule has 1 N–H and O–H groups in total. The van der Waals surface area contributed by atoms with Gasteiger partial charge in [0.05, 0.1) is 17.6 Å². The van der Waals surface area contributed by atoms with Crippen molar-refractivity contribution >= 4 is 28.7 Å². The summed E-state index contributed by atoms with van der Waals surface area (Å²) in [7, 11) is 2.90. The Morgan fingerprint density at radius 1 is 1.19 bits per heavy atom. The van der Waals surface area contributed by atoms with Crippen LogP contribution in [0.1, 0.15) is 12.5 Å². The average Bonchev–Trinajstić information content (AvgIpc) is 3.10. The molecule has 170 valence electrons. The molecule has 3 aromatic rings. The summed E-state index contributed by atoms with van der Waals surface area (Å²) in [4.78, 5) is 53.5. The number of aryl methyl sites for hydroxylation is 2. The maximum absolute atomic E-state index is 13.1. The third-order valence-electron chi connectivity index (χ3n) is 4.66. The number of carbonyl (C=O) groups excluding carboxylic acids is 2. The number of esters is 1. The average molecular weight is 453 g/mol. The van der Waals surface area contributed by atoms with Gasteiger partial charge in [-0.25, -0.2) is 14.3 Å². The van der Waals surface area contributed by atoms with Gasteiger partial charge in [0.1, 0.15) is 6.54 Å². The topological polar surface area (TPSA) is 117 Å². The number of benzene rings is 1. The molecule has 1 amide bonds. The molecule has 0 saturated heterocycles. The van der Waals surface area contributed by atoms with E-state index in [0.29, 0.717) is 4.57 Å². The van der Waals surface area contributed by atoms with Crippen molar-refractivity contribution in [3.8, 4) is 0 Å². The van der Waals surface area contributed by atoms with Crippen molar-refractivity contribution in [3.63, 3.8) is 0 Å². The number of hydrogen-bond donors (Lipinski definition) is 1. The molecule has 0 aliphatic rings. The summed E-state index contributed by atoms with van der Waals surface area (Å²) >= 11 is 0. The minimum absolute atomic E-state index is 0.0782. The maximum atomic E-state index is 13.1. The number of fused-ring (bicyclic) bond motifs is 1. The van der Waals surface area contributed by atoms with E-state index in [-0.39, 0.29) is 11.2 Å². The summed E-state index contributed by atoms with van der Waals surface area (Å²) in [6, 6.07) is 4.32. The van der Waals surface area contributed by atoms with Gasteiger partial charge in [0.2, 0.25) is 0 Å². The maximum Gasteiger partial charge on any atom is 0.418 e. The van der Waals surface area contributed by atoms with E-state index in [1.165, 1.54) is 37.1 Å². The Kier molecular flexibility index (Phi) is 5.92. The molecule has 0 aliphatic heterocycles. The van der Waals surface area contributed by atoms with Gasteiger partial charge in [0, 0.05) is 14.1 Å². The smallest absolute Gasteiger partial charge is 0.418 e. The molecule has 1 atom stereocenters. The van der Waals surface area contributed by atoms with E-state index >= 15 is 0 Å². The quantitative estimate of drug-likeness (QED) is 0.577. The minimum Gasteiger partial charge on any atom is -0.451 e. The molecule has 0 radical (unpaired) electrons. The van der Waals surface area contributed by atoms with Crippen molar-refractivity contribution in [2.45, 2.75) is 25.7 Å². The first-order valence-corrected chi connectivity index (χ1v) is 9.19. The van der Waals surface area contributed by atoms with Crippen LogP contribution in [0.25, 0.3) is 11.2 Å². The van der Waals surface area contributed by atoms with Crippen LogP contribution in [0.2, 0.25) is 0 Å². The number of nitrogens with zero attached hydrogens (tertiary/aromatic N) is 4. The predicted molar refractivity (Wildman–Crippen MR) is 106 cm³/mol. The lowest BCUT2D eigenvalue weighted by atomic mass is 10.1. The van der Waals surface area contributed by atoms with Crippen LogP contribution in [0.5, 0.6) is 0 Å². The fraction of sp³-hybridized carbons (Fsp3) is 0.316. The van der Waals surface area contributed by atoms with Crippen LogP contribution < -0.4 is 16.6 Å². The molecule has 0 saturated carbocycles. The Morgan fingerprint density at radius 3 is 2.50 bits per heavy atom. The molecule has 3 rings (SSSR count). The van der Waals surface area contributed by atoms with E-state index < -0.39 is 53.2 Å². The molecular weight excluding hydrogens is 435 g/mol. The van der Waals surface area contributed by atoms with Crippen LogP contribution in [-0.2, 0) is 41.1 Å². The Balaban J connectivity index is 1.76. The molecule has 0 aliphatic carbocycles. The normalized spacial score (nSPS) is 12.6. The lowest BCUT2D eigenvalue weighted by Gasteiger charge is -2.17. The number of amides is 1. The largest absolute Gasteiger partial charge is 0.451 e. The number of halogens is 3. The van der Waals surface area contributed by atoms with Crippen molar-refractivity contribution in [1.82, 2.24) is 18.7 Å². The summed E-state index contributed by atoms with van der Waals surface area (Å²) in [6.45, 7) is 0.345. The second-order valence-corrected chi connectivity index (χ2v) is 6.93. The van der Waals surface area contributed by atoms with E-state index in [0.717, 1.165) is 23.6 Å². The minimum atomic E-state index is -4.70. The zero-order valence-corrected chi connectivity index (χ0v) is 17.1. The van der Waals surface area contributed by atoms with Gasteiger partial charge in [0.25, 0.3) is 11.5 Å². The summed E-state index contributed by atoms with van der Waals surface area (Å²) in [5, 5.41) is 2.06. The molecule has 0 bridgehead atoms. The molecule has 10 nitrogen and oxygen atoms in total. The highest BCUT2D eigenvalue weighted by molar-refractivity contribution is 5.95. The van der Waals surface area contributed by atoms with Crippen LogP contribution >= 0.6 is 0 Å². The number of aromatic nitrogens is 4. The number of alkyl halides is 3. The van der Waals surface area contributed by atoms with Crippen molar-refractivity contribution in [2.75, 3.05) is 5.32 Å². The first kappa shape index (κ1) is 22.8. The number of rotatable bonds is 5. The second-order valence-electron chi connectivity index (χ2n) is 6.93. The standard InChI is InChI=1S/C19H18F3N5O5/c1-10(16(29)24-12-7-5-4-6-11(12)19(20,21)22)32-13(28)8-27-17(30)14-15(23-9-25(14)2)26(3)18(27)31/h4-7,9-10H,8H2,1-3H3,(H,24,29). The van der Waals surface area contributed by atoms with Gasteiger partial charge in [0.15, 0.2) is 17.3 Å². The van der Waals surface area contributed by atoms with Crippen LogP contribution in [0.15, 0.2) is 40.2 Å². The Morgan fingerprint density at radius 2 is 1.84 bits per heavy atom. The third-order valence-corrected chi connectivity index (χ3v) is 4.66. The first-order chi connectivity index (χ1) is 14.9. The van der Waals surface area contributed by atoms with Gasteiger partial charge >= 0.3 is 17.8 Å². The van der Waals surface area contributed by atoms with Crippen molar-refractivity contribution < 1.29 is 27.5 Å². The molecule has 13 heteroatoms. The van der Waals surface area contributed by atoms with Crippen molar-refractivity contribution in [2.24, 2.45) is 14.1 Å². The zero-order valence-electron chi connectivity index (χ0n) is 17.1. The lowest BCUT2D eigenvalue weighted by molar-refractivity contribution is -0.154. The second kappa shape index (κ2) is 8.32. The molecule has 32 heavy (non-hydrogen) atoms. The SMILES string of the molecule is CC(OC(=O)Cn1c(=O)c2c(ncn2C)n(C)c1=O)C(=O)Nc1ccccc1C(F)(F)F. The number of imidazole rings is 1. The summed E-state index contributed by atoms with van der Waals surface area (Å²) in [5.41, 5.74) is -2.96. The Bertz CT molecular complexity index is 1320. The highest BCUT2D eigenvalue weighted by Gasteiger charge is 2.34. The highest BCUT2D eigenvalue weighted by atomic mass is 19.4. The van der Waals surface area contributed by atoms with E-state index in [1.807, 2.05) is 0 Å². The lowest BCUT2D eigenvalue weighted by Crippen LogP contribution is -2.42. The number of carbonyl (C=O) groups is 2. The summed E-state index contributed by atoms with van der Waals surface area (Å²) in [6.07, 6.45) is -4.86. The number of anilines is 1. The molecule has 0 spiro atoms. The Labute approximate surface area is 177 Å². The van der Waals surface area contributed by atoms with Crippen molar-refractivity contribution in [3.05, 3.63) is 57.0 Å². The van der Waals surface area contributed by atoms with Gasteiger partial charge in [-0.2, -0.15) is 13.2 Å². The van der Waals surface area contributed by atoms with E-state index in [9.17, 15) is 32.3 Å². The molecule has 2 aromatic heterocycles. The number of para-hydroxylation sites is 1. The molecule has 2 heterocycles. The third kappa shape index (κ3) is 4.26. The molecule has 1 unspecified atom stereocenters. The first-order valence-electron chi connectivity index (χ1n) is 9.19. The van der Waals surface area contributed by atoms with Gasteiger partial charge < -0.3 is 14.6 Å². The molecule has 1 aromatic carbocycles. The van der Waals surface area contributed by atoms with Crippen LogP contribution in [-0.4, -0.2) is 36.7 Å². The number of hydrogen-bond acceptors (Lipinski definition) is 6. The van der Waals surface area contributed by atoms with Crippen molar-refractivity contribution in [1.29, 1.82) is 0 Å². The van der Waals surface area contributed by atoms with Crippen LogP contribution in [0.4, 0.5) is 18.9 Å². The fourth-order valence-electron chi connectivity index (χ4n) is 3.03. The highest BCUT2D eigenvalue weighted by Crippen LogP contribution is 2.34. The summed E-state index contributed by atoms with van der Waals surface area (Å²) < 4.78 is 47.2. The van der Waals surface area contributed by atoms with Gasteiger partial charge in [-0.15, -0.1) is 0 Å². The van der Waals surface area contributed by atoms with Crippen LogP contribution in [0, 0.1) is 0 Å². The van der Waals surface area contributed by atoms with E-state index in [2.05, 4.69) is 10.3 Å². The van der Waals surface area contributed by atoms with Gasteiger partial charge in [-0.05, 0) is 19.1 Å². The zero-order chi connectivity index (χ0) is 23.8. The summed E-state index contributed by atoms with van der Waals surface area (Å²) in [5.74, 6) is -2.12. The Hall–Kier alpha value is -3.90. The molecular formula is C19H18F3N5O5. The number of ether oxygens (including phenoxy) is 1. The van der Waals surface area contributed by atoms with E-state index in [4.69, 9.17) is 4.74 Å². The molecule has 0 fully saturated rings. The van der Waals surface area contributed by atoms with Gasteiger partial charge in [-0.3, -0.25) is 19.0 Å². The van der Waals surface area contributed by atoms with E-state index in [1.54, 1.807) is 0 Å². The van der Waals surface area contributed by atoms with Crippen LogP contribution in [0.3, 0.4) is 0 Å².